The molecular formula is C15H12Cl2N4O3S. The SMILES string of the molecule is Cc1nc2c(Cl)cc(Cl)cn2c1C(=O)Nc1ccc(S(N)(=O)=O)cc1. The van der Waals surface area contributed by atoms with E-state index in [4.69, 9.17) is 28.3 Å². The molecule has 1 amide bonds. The smallest absolute Gasteiger partial charge is 0.274 e. The highest BCUT2D eigenvalue weighted by Crippen LogP contribution is 2.25. The van der Waals surface area contributed by atoms with E-state index in [0.717, 1.165) is 0 Å². The Morgan fingerprint density at radius 3 is 2.48 bits per heavy atom. The van der Waals surface area contributed by atoms with Crippen molar-refractivity contribution in [3.8, 4) is 0 Å². The molecule has 1 aromatic carbocycles. The highest BCUT2D eigenvalue weighted by atomic mass is 35.5. The van der Waals surface area contributed by atoms with Crippen LogP contribution in [0.5, 0.6) is 0 Å². The molecule has 0 fully saturated rings. The van der Waals surface area contributed by atoms with Gasteiger partial charge in [0.1, 0.15) is 5.69 Å². The lowest BCUT2D eigenvalue weighted by Gasteiger charge is -2.07. The predicted molar refractivity (Wildman–Crippen MR) is 95.7 cm³/mol. The summed E-state index contributed by atoms with van der Waals surface area (Å²) >= 11 is 12.1. The standard InChI is InChI=1S/C15H12Cl2N4O3S/c1-8-13(21-7-9(16)6-12(17)14(21)19-8)15(22)20-10-2-4-11(5-3-10)25(18,23)24/h2-7H,1H3,(H,20,22)(H2,18,23,24). The van der Waals surface area contributed by atoms with Gasteiger partial charge in [-0.05, 0) is 37.3 Å². The van der Waals surface area contributed by atoms with Gasteiger partial charge in [0.15, 0.2) is 5.65 Å². The summed E-state index contributed by atoms with van der Waals surface area (Å²) in [5, 5.41) is 8.41. The van der Waals surface area contributed by atoms with E-state index in [9.17, 15) is 13.2 Å². The van der Waals surface area contributed by atoms with Crippen LogP contribution in [-0.4, -0.2) is 23.7 Å². The molecule has 2 aromatic heterocycles. The molecule has 2 heterocycles. The van der Waals surface area contributed by atoms with Gasteiger partial charge in [-0.15, -0.1) is 0 Å². The molecule has 25 heavy (non-hydrogen) atoms. The number of nitrogens with two attached hydrogens (primary N) is 1. The molecule has 0 unspecified atom stereocenters. The van der Waals surface area contributed by atoms with Crippen LogP contribution in [0.1, 0.15) is 16.2 Å². The number of pyridine rings is 1. The molecule has 0 aliphatic heterocycles. The Morgan fingerprint density at radius 1 is 1.24 bits per heavy atom. The van der Waals surface area contributed by atoms with Gasteiger partial charge in [-0.3, -0.25) is 9.20 Å². The zero-order chi connectivity index (χ0) is 18.4. The molecule has 0 saturated heterocycles. The van der Waals surface area contributed by atoms with Gasteiger partial charge in [0.05, 0.1) is 20.6 Å². The van der Waals surface area contributed by atoms with Crippen molar-refractivity contribution in [3.05, 3.63) is 58.0 Å². The normalized spacial score (nSPS) is 11.7. The Labute approximate surface area is 153 Å². The summed E-state index contributed by atoms with van der Waals surface area (Å²) in [5.74, 6) is -0.438. The van der Waals surface area contributed by atoms with Gasteiger partial charge in [-0.25, -0.2) is 18.5 Å². The van der Waals surface area contributed by atoms with E-state index in [0.29, 0.717) is 27.1 Å². The lowest BCUT2D eigenvalue weighted by atomic mass is 10.3. The van der Waals surface area contributed by atoms with Gasteiger partial charge in [0, 0.05) is 11.9 Å². The number of carbonyl (C=O) groups is 1. The fourth-order valence-corrected chi connectivity index (χ4v) is 3.41. The molecule has 0 spiro atoms. The van der Waals surface area contributed by atoms with Gasteiger partial charge >= 0.3 is 0 Å². The number of nitrogens with zero attached hydrogens (tertiary/aromatic N) is 2. The second kappa shape index (κ2) is 6.30. The number of imidazole rings is 1. The number of hydrogen-bond donors (Lipinski definition) is 2. The molecule has 0 atom stereocenters. The minimum atomic E-state index is -3.79. The number of nitrogens with one attached hydrogen (secondary N) is 1. The number of fused-ring (bicyclic) bond motifs is 1. The minimum Gasteiger partial charge on any atom is -0.321 e. The Bertz CT molecular complexity index is 1090. The molecule has 7 nitrogen and oxygen atoms in total. The van der Waals surface area contributed by atoms with Crippen LogP contribution in [0.15, 0.2) is 41.4 Å². The van der Waals surface area contributed by atoms with Gasteiger partial charge in [0.2, 0.25) is 10.0 Å². The number of primary sulfonamides is 1. The average molecular weight is 399 g/mol. The molecule has 0 aliphatic rings. The van der Waals surface area contributed by atoms with Crippen LogP contribution in [0.3, 0.4) is 0 Å². The van der Waals surface area contributed by atoms with E-state index in [1.807, 2.05) is 0 Å². The fourth-order valence-electron chi connectivity index (χ4n) is 2.38. The maximum atomic E-state index is 12.6. The first kappa shape index (κ1) is 17.7. The molecule has 130 valence electrons. The predicted octanol–water partition coefficient (Wildman–Crippen LogP) is 2.85. The summed E-state index contributed by atoms with van der Waals surface area (Å²) in [6.45, 7) is 1.68. The fraction of sp³-hybridized carbons (Fsp3) is 0.0667. The van der Waals surface area contributed by atoms with E-state index >= 15 is 0 Å². The van der Waals surface area contributed by atoms with Crippen molar-refractivity contribution in [1.29, 1.82) is 0 Å². The van der Waals surface area contributed by atoms with Crippen LogP contribution in [0.4, 0.5) is 5.69 Å². The van der Waals surface area contributed by atoms with Crippen LogP contribution in [0.25, 0.3) is 5.65 Å². The number of carbonyl (C=O) groups excluding carboxylic acids is 1. The summed E-state index contributed by atoms with van der Waals surface area (Å²) in [4.78, 5) is 16.8. The number of benzene rings is 1. The number of aryl methyl sites for hydroxylation is 1. The quantitative estimate of drug-likeness (QED) is 0.706. The zero-order valence-corrected chi connectivity index (χ0v) is 15.2. The van der Waals surface area contributed by atoms with Crippen LogP contribution in [-0.2, 0) is 10.0 Å². The molecule has 0 radical (unpaired) electrons. The van der Waals surface area contributed by atoms with Crippen molar-refractivity contribution in [2.75, 3.05) is 5.32 Å². The third-order valence-electron chi connectivity index (χ3n) is 3.47. The highest BCUT2D eigenvalue weighted by Gasteiger charge is 2.19. The summed E-state index contributed by atoms with van der Waals surface area (Å²) < 4.78 is 24.0. The molecule has 3 rings (SSSR count). The maximum absolute atomic E-state index is 12.6. The Kier molecular flexibility index (Phi) is 4.46. The van der Waals surface area contributed by atoms with Crippen molar-refractivity contribution in [3.63, 3.8) is 0 Å². The zero-order valence-electron chi connectivity index (χ0n) is 12.8. The van der Waals surface area contributed by atoms with E-state index < -0.39 is 15.9 Å². The second-order valence-corrected chi connectivity index (χ2v) is 7.67. The number of sulfonamides is 1. The van der Waals surface area contributed by atoms with Crippen molar-refractivity contribution in [2.24, 2.45) is 5.14 Å². The monoisotopic (exact) mass is 398 g/mol. The summed E-state index contributed by atoms with van der Waals surface area (Å²) in [5.41, 5.74) is 1.57. The number of halogens is 2. The van der Waals surface area contributed by atoms with Crippen LogP contribution < -0.4 is 10.5 Å². The van der Waals surface area contributed by atoms with E-state index in [-0.39, 0.29) is 10.6 Å². The molecular weight excluding hydrogens is 387 g/mol. The molecule has 3 N–H and O–H groups in total. The number of amides is 1. The maximum Gasteiger partial charge on any atom is 0.274 e. The topological polar surface area (TPSA) is 107 Å². The number of aromatic nitrogens is 2. The van der Waals surface area contributed by atoms with Gasteiger partial charge in [-0.1, -0.05) is 23.2 Å². The van der Waals surface area contributed by atoms with E-state index in [1.54, 1.807) is 19.2 Å². The third kappa shape index (κ3) is 3.47. The Hall–Kier alpha value is -2.13. The lowest BCUT2D eigenvalue weighted by molar-refractivity contribution is 0.102. The first-order valence-corrected chi connectivity index (χ1v) is 9.25. The van der Waals surface area contributed by atoms with Gasteiger partial charge in [-0.2, -0.15) is 0 Å². The van der Waals surface area contributed by atoms with Gasteiger partial charge < -0.3 is 5.32 Å². The number of anilines is 1. The first-order chi connectivity index (χ1) is 11.7. The van der Waals surface area contributed by atoms with Crippen molar-refractivity contribution < 1.29 is 13.2 Å². The van der Waals surface area contributed by atoms with Crippen LogP contribution in [0.2, 0.25) is 10.0 Å². The van der Waals surface area contributed by atoms with Crippen molar-refractivity contribution in [2.45, 2.75) is 11.8 Å². The average Bonchev–Trinajstić information content (AvgIpc) is 2.83. The summed E-state index contributed by atoms with van der Waals surface area (Å²) in [6.07, 6.45) is 1.54. The first-order valence-electron chi connectivity index (χ1n) is 6.95. The number of rotatable bonds is 3. The highest BCUT2D eigenvalue weighted by molar-refractivity contribution is 7.89. The van der Waals surface area contributed by atoms with Crippen molar-refractivity contribution >= 4 is 50.5 Å². The molecule has 3 aromatic rings. The second-order valence-electron chi connectivity index (χ2n) is 5.27. The third-order valence-corrected chi connectivity index (χ3v) is 4.89. The molecule has 0 aliphatic carbocycles. The lowest BCUT2D eigenvalue weighted by Crippen LogP contribution is -2.16. The minimum absolute atomic E-state index is 0.0463. The van der Waals surface area contributed by atoms with E-state index in [2.05, 4.69) is 10.3 Å². The molecule has 0 bridgehead atoms. The summed E-state index contributed by atoms with van der Waals surface area (Å²) in [7, 11) is -3.79. The number of hydrogen-bond acceptors (Lipinski definition) is 4. The Balaban J connectivity index is 1.97. The van der Waals surface area contributed by atoms with Crippen molar-refractivity contribution in [1.82, 2.24) is 9.38 Å². The Morgan fingerprint density at radius 2 is 1.88 bits per heavy atom. The molecule has 0 saturated carbocycles. The largest absolute Gasteiger partial charge is 0.321 e. The van der Waals surface area contributed by atoms with Crippen LogP contribution in [0, 0.1) is 6.92 Å². The summed E-state index contributed by atoms with van der Waals surface area (Å²) in [6, 6.07) is 7.03. The van der Waals surface area contributed by atoms with Crippen LogP contribution >= 0.6 is 23.2 Å². The van der Waals surface area contributed by atoms with E-state index in [1.165, 1.54) is 28.7 Å². The van der Waals surface area contributed by atoms with Gasteiger partial charge in [0.25, 0.3) is 5.91 Å². The molecule has 10 heteroatoms.